The van der Waals surface area contributed by atoms with E-state index >= 15 is 0 Å². The highest BCUT2D eigenvalue weighted by Gasteiger charge is 2.24. The van der Waals surface area contributed by atoms with E-state index in [1.54, 1.807) is 5.20 Å². The fourth-order valence-electron chi connectivity index (χ4n) is 0.706. The minimum absolute atomic E-state index is 1.19. The predicted octanol–water partition coefficient (Wildman–Crippen LogP) is 2.26. The van der Waals surface area contributed by atoms with Crippen LogP contribution in [0.5, 0.6) is 0 Å². The maximum Gasteiger partial charge on any atom is 0.149 e. The summed E-state index contributed by atoms with van der Waals surface area (Å²) in [5, 5.41) is 1.55. The summed E-state index contributed by atoms with van der Waals surface area (Å²) in [7, 11) is 3.14. The van der Waals surface area contributed by atoms with Gasteiger partial charge < -0.3 is 4.57 Å². The Labute approximate surface area is 65.8 Å². The first kappa shape index (κ1) is 9.92. The molecule has 0 aromatic rings. The first-order valence-electron chi connectivity index (χ1n) is 3.73. The summed E-state index contributed by atoms with van der Waals surface area (Å²) >= 11 is 0. The van der Waals surface area contributed by atoms with E-state index in [1.807, 2.05) is 0 Å². The molecule has 0 N–H and O–H groups in total. The molecule has 0 spiro atoms. The van der Waals surface area contributed by atoms with Crippen LogP contribution in [0.25, 0.3) is 0 Å². The lowest BCUT2D eigenvalue weighted by Gasteiger charge is -2.31. The van der Waals surface area contributed by atoms with Crippen LogP contribution in [-0.2, 0) is 0 Å². The fourth-order valence-corrected chi connectivity index (χ4v) is 2.12. The van der Waals surface area contributed by atoms with Crippen molar-refractivity contribution < 1.29 is 0 Å². The van der Waals surface area contributed by atoms with Gasteiger partial charge in [-0.3, -0.25) is 0 Å². The molecule has 0 saturated heterocycles. The van der Waals surface area contributed by atoms with E-state index in [0.717, 1.165) is 0 Å². The molecule has 0 amide bonds. The Bertz CT molecular complexity index is 136. The van der Waals surface area contributed by atoms with E-state index in [1.165, 1.54) is 0 Å². The zero-order valence-corrected chi connectivity index (χ0v) is 9.02. The highest BCUT2D eigenvalue weighted by molar-refractivity contribution is 6.81. The number of hydrogen-bond donors (Lipinski definition) is 0. The zero-order valence-electron chi connectivity index (χ0n) is 8.02. The molecule has 0 atom stereocenters. The molecule has 60 valence electrons. The molecule has 0 heterocycles. The minimum atomic E-state index is -1.19. The summed E-state index contributed by atoms with van der Waals surface area (Å²) in [5.41, 5.74) is 0. The molecule has 0 aliphatic carbocycles. The van der Waals surface area contributed by atoms with Gasteiger partial charge in [-0.25, -0.2) is 0 Å². The van der Waals surface area contributed by atoms with Crippen LogP contribution in [-0.4, -0.2) is 26.9 Å². The Morgan fingerprint density at radius 3 is 1.80 bits per heavy atom. The molecule has 2 heteroatoms. The van der Waals surface area contributed by atoms with Gasteiger partial charge >= 0.3 is 0 Å². The Kier molecular flexibility index (Phi) is 3.32. The molecular formula is C8H19NSi. The van der Waals surface area contributed by atoms with Crippen LogP contribution in [0.15, 0.2) is 11.3 Å². The molecule has 0 saturated carbocycles. The molecule has 0 bridgehead atoms. The van der Waals surface area contributed by atoms with E-state index in [4.69, 9.17) is 0 Å². The lowest BCUT2D eigenvalue weighted by molar-refractivity contribution is 0.628. The molecule has 0 radical (unpaired) electrons. The Balaban J connectivity index is 4.40. The van der Waals surface area contributed by atoms with Crippen molar-refractivity contribution in [2.75, 3.05) is 14.1 Å². The van der Waals surface area contributed by atoms with Crippen molar-refractivity contribution in [3.63, 3.8) is 0 Å². The van der Waals surface area contributed by atoms with Gasteiger partial charge in [0.15, 0.2) is 0 Å². The number of rotatable bonds is 2. The van der Waals surface area contributed by atoms with Gasteiger partial charge in [0.25, 0.3) is 0 Å². The van der Waals surface area contributed by atoms with Gasteiger partial charge in [0, 0.05) is 0 Å². The first-order valence-corrected chi connectivity index (χ1v) is 6.68. The van der Waals surface area contributed by atoms with E-state index in [2.05, 4.69) is 51.7 Å². The summed E-state index contributed by atoms with van der Waals surface area (Å²) in [5.74, 6) is 0. The zero-order chi connectivity index (χ0) is 8.36. The molecule has 0 aromatic heterocycles. The van der Waals surface area contributed by atoms with Crippen LogP contribution < -0.4 is 0 Å². The van der Waals surface area contributed by atoms with Gasteiger partial charge in [0.1, 0.15) is 8.24 Å². The maximum atomic E-state index is 2.36. The van der Waals surface area contributed by atoms with Crippen molar-refractivity contribution in [2.24, 2.45) is 0 Å². The third-order valence-corrected chi connectivity index (χ3v) is 6.97. The van der Waals surface area contributed by atoms with Gasteiger partial charge in [0.05, 0.1) is 0 Å². The van der Waals surface area contributed by atoms with Gasteiger partial charge in [-0.05, 0) is 27.9 Å². The van der Waals surface area contributed by atoms with Crippen molar-refractivity contribution in [3.05, 3.63) is 11.3 Å². The standard InChI is InChI=1S/C8H19NSi/c1-7-8(2)10(5,6)9(3)4/h7H,1-6H3. The van der Waals surface area contributed by atoms with E-state index in [0.29, 0.717) is 0 Å². The lowest BCUT2D eigenvalue weighted by atomic mass is 10.6. The average molecular weight is 157 g/mol. The van der Waals surface area contributed by atoms with Crippen LogP contribution in [0.1, 0.15) is 13.8 Å². The van der Waals surface area contributed by atoms with E-state index in [-0.39, 0.29) is 0 Å². The van der Waals surface area contributed by atoms with Crippen LogP contribution in [0, 0.1) is 0 Å². The summed E-state index contributed by atoms with van der Waals surface area (Å²) in [6, 6.07) is 0. The SMILES string of the molecule is CC=C(C)[Si](C)(C)N(C)C. The summed E-state index contributed by atoms with van der Waals surface area (Å²) in [6.45, 7) is 9.07. The highest BCUT2D eigenvalue weighted by Crippen LogP contribution is 2.15. The minimum Gasteiger partial charge on any atom is -0.326 e. The molecule has 0 aliphatic rings. The van der Waals surface area contributed by atoms with Crippen LogP contribution in [0.2, 0.25) is 13.1 Å². The average Bonchev–Trinajstić information content (AvgIpc) is 1.86. The fraction of sp³-hybridized carbons (Fsp3) is 0.750. The topological polar surface area (TPSA) is 3.24 Å². The molecule has 0 fully saturated rings. The lowest BCUT2D eigenvalue weighted by Crippen LogP contribution is -2.44. The van der Waals surface area contributed by atoms with Crippen molar-refractivity contribution >= 4 is 8.24 Å². The van der Waals surface area contributed by atoms with Gasteiger partial charge in [0.2, 0.25) is 0 Å². The molecular weight excluding hydrogens is 138 g/mol. The Morgan fingerprint density at radius 1 is 1.30 bits per heavy atom. The largest absolute Gasteiger partial charge is 0.326 e. The normalized spacial score (nSPS) is 14.5. The van der Waals surface area contributed by atoms with Crippen molar-refractivity contribution in [1.29, 1.82) is 0 Å². The molecule has 1 nitrogen and oxygen atoms in total. The van der Waals surface area contributed by atoms with Gasteiger partial charge in [-0.1, -0.05) is 24.4 Å². The second kappa shape index (κ2) is 3.35. The van der Waals surface area contributed by atoms with Crippen molar-refractivity contribution in [3.8, 4) is 0 Å². The van der Waals surface area contributed by atoms with E-state index in [9.17, 15) is 0 Å². The van der Waals surface area contributed by atoms with Crippen molar-refractivity contribution in [2.45, 2.75) is 26.9 Å². The van der Waals surface area contributed by atoms with Crippen molar-refractivity contribution in [1.82, 2.24) is 4.57 Å². The Hall–Kier alpha value is -0.0831. The smallest absolute Gasteiger partial charge is 0.149 e. The summed E-state index contributed by atoms with van der Waals surface area (Å²) in [6.07, 6.45) is 2.23. The monoisotopic (exact) mass is 157 g/mol. The van der Waals surface area contributed by atoms with Gasteiger partial charge in [-0.15, -0.1) is 0 Å². The van der Waals surface area contributed by atoms with Crippen LogP contribution in [0.4, 0.5) is 0 Å². The van der Waals surface area contributed by atoms with E-state index < -0.39 is 8.24 Å². The molecule has 0 rings (SSSR count). The maximum absolute atomic E-state index is 2.36. The second-order valence-corrected chi connectivity index (χ2v) is 8.23. The summed E-state index contributed by atoms with van der Waals surface area (Å²) in [4.78, 5) is 0. The third kappa shape index (κ3) is 1.96. The number of allylic oxidation sites excluding steroid dienone is 2. The molecule has 0 aromatic carbocycles. The van der Waals surface area contributed by atoms with Crippen LogP contribution in [0.3, 0.4) is 0 Å². The Morgan fingerprint density at radius 2 is 1.70 bits per heavy atom. The third-order valence-electron chi connectivity index (χ3n) is 2.52. The first-order chi connectivity index (χ1) is 4.42. The second-order valence-electron chi connectivity index (χ2n) is 3.43. The molecule has 0 aliphatic heterocycles. The number of nitrogens with zero attached hydrogens (tertiary/aromatic N) is 1. The number of hydrogen-bond acceptors (Lipinski definition) is 1. The molecule has 10 heavy (non-hydrogen) atoms. The highest BCUT2D eigenvalue weighted by atomic mass is 28.3. The van der Waals surface area contributed by atoms with Gasteiger partial charge in [-0.2, -0.15) is 0 Å². The summed E-state index contributed by atoms with van der Waals surface area (Å²) < 4.78 is 2.36. The quantitative estimate of drug-likeness (QED) is 0.556. The molecule has 0 unspecified atom stereocenters. The van der Waals surface area contributed by atoms with Crippen LogP contribution >= 0.6 is 0 Å². The predicted molar refractivity (Wildman–Crippen MR) is 50.6 cm³/mol.